The van der Waals surface area contributed by atoms with Gasteiger partial charge in [-0.2, -0.15) is 0 Å². The summed E-state index contributed by atoms with van der Waals surface area (Å²) in [6.07, 6.45) is 4.20. The second kappa shape index (κ2) is 8.37. The molecule has 0 unspecified atom stereocenters. The van der Waals surface area contributed by atoms with Gasteiger partial charge in [-0.3, -0.25) is 9.78 Å². The summed E-state index contributed by atoms with van der Waals surface area (Å²) in [7, 11) is 5.94. The van der Waals surface area contributed by atoms with Gasteiger partial charge in [0.2, 0.25) is 0 Å². The SMILES string of the molecule is CN(C)c1cccc(-c2cc(C(=O)NCCc3ccccn3)c3c(c2)ncn3C)c1. The molecule has 0 radical (unpaired) electrons. The van der Waals surface area contributed by atoms with E-state index >= 15 is 0 Å². The van der Waals surface area contributed by atoms with Gasteiger partial charge in [0.25, 0.3) is 5.91 Å². The van der Waals surface area contributed by atoms with Crippen molar-refractivity contribution < 1.29 is 4.79 Å². The molecule has 1 N–H and O–H groups in total. The molecule has 6 heteroatoms. The zero-order chi connectivity index (χ0) is 21.1. The average Bonchev–Trinajstić information content (AvgIpc) is 3.14. The summed E-state index contributed by atoms with van der Waals surface area (Å²) in [6, 6.07) is 18.1. The fraction of sp³-hybridized carbons (Fsp3) is 0.208. The first-order chi connectivity index (χ1) is 14.5. The van der Waals surface area contributed by atoms with Crippen molar-refractivity contribution >= 4 is 22.6 Å². The monoisotopic (exact) mass is 399 g/mol. The molecule has 152 valence electrons. The minimum absolute atomic E-state index is 0.106. The van der Waals surface area contributed by atoms with Gasteiger partial charge < -0.3 is 14.8 Å². The molecule has 0 saturated heterocycles. The van der Waals surface area contributed by atoms with E-state index in [0.717, 1.165) is 33.5 Å². The smallest absolute Gasteiger partial charge is 0.253 e. The Bertz CT molecular complexity index is 1180. The van der Waals surface area contributed by atoms with Gasteiger partial charge in [-0.05, 0) is 47.5 Å². The minimum Gasteiger partial charge on any atom is -0.378 e. The van der Waals surface area contributed by atoms with E-state index in [2.05, 4.69) is 38.4 Å². The molecule has 0 aliphatic heterocycles. The van der Waals surface area contributed by atoms with Crippen LogP contribution in [0.1, 0.15) is 16.1 Å². The molecule has 4 aromatic rings. The molecule has 1 amide bonds. The highest BCUT2D eigenvalue weighted by atomic mass is 16.1. The number of aryl methyl sites for hydroxylation is 1. The topological polar surface area (TPSA) is 63.1 Å². The second-order valence-electron chi connectivity index (χ2n) is 7.52. The summed E-state index contributed by atoms with van der Waals surface area (Å²) in [6.45, 7) is 0.523. The van der Waals surface area contributed by atoms with E-state index in [1.54, 1.807) is 12.5 Å². The van der Waals surface area contributed by atoms with Gasteiger partial charge in [0, 0.05) is 51.7 Å². The zero-order valence-electron chi connectivity index (χ0n) is 17.5. The Morgan fingerprint density at radius 1 is 1.03 bits per heavy atom. The van der Waals surface area contributed by atoms with Crippen LogP contribution in [-0.2, 0) is 13.5 Å². The molecular weight excluding hydrogens is 374 g/mol. The van der Waals surface area contributed by atoms with Crippen LogP contribution in [0.2, 0.25) is 0 Å². The third-order valence-corrected chi connectivity index (χ3v) is 5.15. The highest BCUT2D eigenvalue weighted by Gasteiger charge is 2.16. The van der Waals surface area contributed by atoms with E-state index in [-0.39, 0.29) is 5.91 Å². The second-order valence-corrected chi connectivity index (χ2v) is 7.52. The highest BCUT2D eigenvalue weighted by molar-refractivity contribution is 6.06. The van der Waals surface area contributed by atoms with E-state index in [4.69, 9.17) is 0 Å². The number of pyridine rings is 1. The standard InChI is InChI=1S/C24H25N5O/c1-28(2)20-9-6-7-17(13-20)18-14-21(23-22(15-18)27-16-29(23)3)24(30)26-12-10-19-8-4-5-11-25-19/h4-9,11,13-16H,10,12H2,1-3H3,(H,26,30). The number of rotatable bonds is 6. The number of carbonyl (C=O) groups is 1. The molecule has 0 fully saturated rings. The van der Waals surface area contributed by atoms with Gasteiger partial charge in [-0.1, -0.05) is 18.2 Å². The molecular formula is C24H25N5O. The van der Waals surface area contributed by atoms with Crippen molar-refractivity contribution in [2.75, 3.05) is 25.5 Å². The molecule has 0 atom stereocenters. The summed E-state index contributed by atoms with van der Waals surface area (Å²) in [4.78, 5) is 23.9. The predicted molar refractivity (Wildman–Crippen MR) is 121 cm³/mol. The summed E-state index contributed by atoms with van der Waals surface area (Å²) in [5.41, 5.74) is 6.35. The molecule has 4 rings (SSSR count). The van der Waals surface area contributed by atoms with E-state index < -0.39 is 0 Å². The van der Waals surface area contributed by atoms with Crippen LogP contribution in [0.5, 0.6) is 0 Å². The fourth-order valence-corrected chi connectivity index (χ4v) is 3.54. The van der Waals surface area contributed by atoms with E-state index in [9.17, 15) is 4.79 Å². The maximum absolute atomic E-state index is 13.1. The summed E-state index contributed by atoms with van der Waals surface area (Å²) in [5.74, 6) is -0.106. The first-order valence-corrected chi connectivity index (χ1v) is 9.94. The van der Waals surface area contributed by atoms with Crippen molar-refractivity contribution in [3.05, 3.63) is 78.4 Å². The fourth-order valence-electron chi connectivity index (χ4n) is 3.54. The van der Waals surface area contributed by atoms with E-state index in [1.165, 1.54) is 0 Å². The third-order valence-electron chi connectivity index (χ3n) is 5.15. The van der Waals surface area contributed by atoms with Crippen molar-refractivity contribution in [2.45, 2.75) is 6.42 Å². The highest BCUT2D eigenvalue weighted by Crippen LogP contribution is 2.29. The van der Waals surface area contributed by atoms with Gasteiger partial charge in [-0.15, -0.1) is 0 Å². The van der Waals surface area contributed by atoms with Crippen LogP contribution in [0, 0.1) is 0 Å². The Morgan fingerprint density at radius 3 is 2.67 bits per heavy atom. The Kier molecular flexibility index (Phi) is 5.48. The molecule has 0 bridgehead atoms. The van der Waals surface area contributed by atoms with Crippen LogP contribution in [0.15, 0.2) is 67.1 Å². The Hall–Kier alpha value is -3.67. The largest absolute Gasteiger partial charge is 0.378 e. The van der Waals surface area contributed by atoms with Crippen LogP contribution >= 0.6 is 0 Å². The lowest BCUT2D eigenvalue weighted by molar-refractivity contribution is 0.0955. The molecule has 0 saturated carbocycles. The minimum atomic E-state index is -0.106. The van der Waals surface area contributed by atoms with Gasteiger partial charge in [0.15, 0.2) is 0 Å². The molecule has 0 aliphatic carbocycles. The number of carbonyl (C=O) groups excluding carboxylic acids is 1. The number of fused-ring (bicyclic) bond motifs is 1. The van der Waals surface area contributed by atoms with E-state index in [1.807, 2.05) is 62.1 Å². The van der Waals surface area contributed by atoms with Crippen LogP contribution in [0.4, 0.5) is 5.69 Å². The maximum atomic E-state index is 13.1. The maximum Gasteiger partial charge on any atom is 0.253 e. The number of nitrogens with zero attached hydrogens (tertiary/aromatic N) is 4. The van der Waals surface area contributed by atoms with Crippen LogP contribution in [-0.4, -0.2) is 41.1 Å². The number of hydrogen-bond acceptors (Lipinski definition) is 4. The zero-order valence-corrected chi connectivity index (χ0v) is 17.5. The average molecular weight is 399 g/mol. The predicted octanol–water partition coefficient (Wildman–Crippen LogP) is 3.67. The Balaban J connectivity index is 1.65. The first kappa shape index (κ1) is 19.6. The molecule has 2 aromatic heterocycles. The summed E-state index contributed by atoms with van der Waals surface area (Å²) >= 11 is 0. The molecule has 6 nitrogen and oxygen atoms in total. The van der Waals surface area contributed by atoms with Gasteiger partial charge >= 0.3 is 0 Å². The van der Waals surface area contributed by atoms with Crippen molar-refractivity contribution in [1.82, 2.24) is 19.9 Å². The molecule has 30 heavy (non-hydrogen) atoms. The van der Waals surface area contributed by atoms with Crippen molar-refractivity contribution in [3.8, 4) is 11.1 Å². The van der Waals surface area contributed by atoms with Crippen LogP contribution < -0.4 is 10.2 Å². The number of aromatic nitrogens is 3. The third kappa shape index (κ3) is 4.03. The molecule has 0 spiro atoms. The first-order valence-electron chi connectivity index (χ1n) is 9.94. The Morgan fingerprint density at radius 2 is 1.90 bits per heavy atom. The van der Waals surface area contributed by atoms with Crippen LogP contribution in [0.25, 0.3) is 22.2 Å². The quantitative estimate of drug-likeness (QED) is 0.537. The molecule has 2 aromatic carbocycles. The number of hydrogen-bond donors (Lipinski definition) is 1. The van der Waals surface area contributed by atoms with Crippen LogP contribution in [0.3, 0.4) is 0 Å². The van der Waals surface area contributed by atoms with Gasteiger partial charge in [0.05, 0.1) is 22.9 Å². The van der Waals surface area contributed by atoms with Crippen molar-refractivity contribution in [1.29, 1.82) is 0 Å². The van der Waals surface area contributed by atoms with Crippen molar-refractivity contribution in [2.24, 2.45) is 7.05 Å². The number of amides is 1. The number of nitrogens with one attached hydrogen (secondary N) is 1. The van der Waals surface area contributed by atoms with Gasteiger partial charge in [-0.25, -0.2) is 4.98 Å². The Labute approximate surface area is 176 Å². The van der Waals surface area contributed by atoms with E-state index in [0.29, 0.717) is 18.5 Å². The van der Waals surface area contributed by atoms with Crippen molar-refractivity contribution in [3.63, 3.8) is 0 Å². The lowest BCUT2D eigenvalue weighted by atomic mass is 10.0. The molecule has 2 heterocycles. The number of anilines is 1. The lowest BCUT2D eigenvalue weighted by Crippen LogP contribution is -2.26. The summed E-state index contributed by atoms with van der Waals surface area (Å²) in [5, 5.41) is 3.04. The van der Waals surface area contributed by atoms with Gasteiger partial charge in [0.1, 0.15) is 0 Å². The summed E-state index contributed by atoms with van der Waals surface area (Å²) < 4.78 is 1.89. The number of imidazole rings is 1. The number of benzene rings is 2. The normalized spacial score (nSPS) is 10.9. The lowest BCUT2D eigenvalue weighted by Gasteiger charge is -2.14. The molecule has 0 aliphatic rings.